The summed E-state index contributed by atoms with van der Waals surface area (Å²) < 4.78 is 2.83. The van der Waals surface area contributed by atoms with Crippen molar-refractivity contribution in [2.24, 2.45) is 0 Å². The number of aromatic nitrogens is 4. The molecule has 0 spiro atoms. The molecular formula is C17H16N4O3. The van der Waals surface area contributed by atoms with E-state index in [4.69, 9.17) is 0 Å². The maximum absolute atomic E-state index is 12.3. The van der Waals surface area contributed by atoms with Crippen LogP contribution in [0.25, 0.3) is 5.78 Å². The second kappa shape index (κ2) is 5.59. The number of aryl methyl sites for hydroxylation is 2. The Bertz CT molecular complexity index is 971. The third-order valence-corrected chi connectivity index (χ3v) is 4.23. The van der Waals surface area contributed by atoms with Crippen LogP contribution in [-0.2, 0) is 13.0 Å². The minimum Gasteiger partial charge on any atom is -0.477 e. The Morgan fingerprint density at radius 1 is 1.25 bits per heavy atom. The minimum atomic E-state index is -1.25. The van der Waals surface area contributed by atoms with E-state index in [1.54, 1.807) is 4.57 Å². The molecule has 122 valence electrons. The average Bonchev–Trinajstić information content (AvgIpc) is 3.33. The van der Waals surface area contributed by atoms with Crippen molar-refractivity contribution in [3.8, 4) is 0 Å². The van der Waals surface area contributed by atoms with Gasteiger partial charge in [-0.1, -0.05) is 30.3 Å². The number of benzene rings is 1. The van der Waals surface area contributed by atoms with Crippen molar-refractivity contribution in [2.45, 2.75) is 31.7 Å². The second-order valence-corrected chi connectivity index (χ2v) is 6.04. The number of carbonyl (C=O) groups is 1. The molecule has 0 bridgehead atoms. The van der Waals surface area contributed by atoms with Gasteiger partial charge >= 0.3 is 5.97 Å². The summed E-state index contributed by atoms with van der Waals surface area (Å²) in [5, 5.41) is 13.5. The van der Waals surface area contributed by atoms with Gasteiger partial charge in [0.25, 0.3) is 5.56 Å². The quantitative estimate of drug-likeness (QED) is 0.771. The first kappa shape index (κ1) is 14.6. The van der Waals surface area contributed by atoms with Crippen LogP contribution in [0.5, 0.6) is 0 Å². The van der Waals surface area contributed by atoms with E-state index in [0.29, 0.717) is 30.5 Å². The minimum absolute atomic E-state index is 0.289. The summed E-state index contributed by atoms with van der Waals surface area (Å²) in [5.74, 6) is 0.0740. The van der Waals surface area contributed by atoms with Gasteiger partial charge in [0.2, 0.25) is 5.78 Å². The van der Waals surface area contributed by atoms with Crippen molar-refractivity contribution >= 4 is 11.7 Å². The second-order valence-electron chi connectivity index (χ2n) is 6.04. The highest BCUT2D eigenvalue weighted by atomic mass is 16.4. The van der Waals surface area contributed by atoms with E-state index in [0.717, 1.165) is 22.9 Å². The Kier molecular flexibility index (Phi) is 3.41. The van der Waals surface area contributed by atoms with Gasteiger partial charge in [0.1, 0.15) is 5.56 Å². The summed E-state index contributed by atoms with van der Waals surface area (Å²) in [7, 11) is 0. The number of aromatic carboxylic acids is 1. The van der Waals surface area contributed by atoms with Crippen molar-refractivity contribution < 1.29 is 9.90 Å². The Morgan fingerprint density at radius 2 is 2.00 bits per heavy atom. The molecule has 7 nitrogen and oxygen atoms in total. The molecule has 0 radical (unpaired) electrons. The highest BCUT2D eigenvalue weighted by Crippen LogP contribution is 2.38. The smallest absolute Gasteiger partial charge is 0.342 e. The van der Waals surface area contributed by atoms with Gasteiger partial charge in [-0.15, -0.1) is 5.10 Å². The molecule has 1 fully saturated rings. The Morgan fingerprint density at radius 3 is 2.67 bits per heavy atom. The van der Waals surface area contributed by atoms with Gasteiger partial charge in [0.15, 0.2) is 5.82 Å². The number of rotatable bonds is 5. The number of fused-ring (bicyclic) bond motifs is 1. The van der Waals surface area contributed by atoms with Crippen molar-refractivity contribution in [2.75, 3.05) is 0 Å². The molecule has 1 saturated carbocycles. The maximum atomic E-state index is 12.3. The van der Waals surface area contributed by atoms with Crippen LogP contribution in [0.1, 0.15) is 40.5 Å². The zero-order valence-corrected chi connectivity index (χ0v) is 12.9. The van der Waals surface area contributed by atoms with Crippen LogP contribution in [0.2, 0.25) is 0 Å². The lowest BCUT2D eigenvalue weighted by Gasteiger charge is -2.09. The zero-order chi connectivity index (χ0) is 16.7. The number of carboxylic acid groups (broad SMARTS) is 1. The van der Waals surface area contributed by atoms with E-state index in [1.165, 1.54) is 6.20 Å². The van der Waals surface area contributed by atoms with Gasteiger partial charge < -0.3 is 9.67 Å². The van der Waals surface area contributed by atoms with E-state index < -0.39 is 11.5 Å². The first-order valence-electron chi connectivity index (χ1n) is 7.91. The molecule has 1 N–H and O–H groups in total. The van der Waals surface area contributed by atoms with E-state index in [-0.39, 0.29) is 5.56 Å². The lowest BCUT2D eigenvalue weighted by molar-refractivity contribution is 0.0693. The standard InChI is InChI=1S/C17H16N4O3/c22-15-13(16(23)24)10-20(9-8-11-4-2-1-3-5-11)17-18-14(12-6-7-12)19-21(15)17/h1-5,10,12H,6-9H2,(H,23,24). The maximum Gasteiger partial charge on any atom is 0.342 e. The molecule has 0 amide bonds. The van der Waals surface area contributed by atoms with Crippen LogP contribution in [0.3, 0.4) is 0 Å². The molecule has 1 aliphatic carbocycles. The van der Waals surface area contributed by atoms with Crippen LogP contribution in [0, 0.1) is 0 Å². The molecule has 7 heteroatoms. The number of hydrogen-bond acceptors (Lipinski definition) is 4. The summed E-state index contributed by atoms with van der Waals surface area (Å²) in [5.41, 5.74) is 0.212. The SMILES string of the molecule is O=C(O)c1cn(CCc2ccccc2)c2nc(C3CC3)nn2c1=O. The molecule has 2 heterocycles. The fraction of sp³-hybridized carbons (Fsp3) is 0.294. The highest BCUT2D eigenvalue weighted by Gasteiger charge is 2.29. The van der Waals surface area contributed by atoms with Gasteiger partial charge in [0.05, 0.1) is 0 Å². The predicted octanol–water partition coefficient (Wildman–Crippen LogP) is 1.71. The van der Waals surface area contributed by atoms with Gasteiger partial charge in [0, 0.05) is 18.7 Å². The molecule has 1 aliphatic rings. The van der Waals surface area contributed by atoms with Crippen molar-refractivity contribution in [1.29, 1.82) is 0 Å². The third-order valence-electron chi connectivity index (χ3n) is 4.23. The van der Waals surface area contributed by atoms with Gasteiger partial charge in [-0.3, -0.25) is 4.79 Å². The first-order chi connectivity index (χ1) is 11.6. The Balaban J connectivity index is 1.78. The van der Waals surface area contributed by atoms with Crippen LogP contribution < -0.4 is 5.56 Å². The number of hydrogen-bond donors (Lipinski definition) is 1. The summed E-state index contributed by atoms with van der Waals surface area (Å²) >= 11 is 0. The van der Waals surface area contributed by atoms with E-state index in [9.17, 15) is 14.7 Å². The van der Waals surface area contributed by atoms with Crippen LogP contribution >= 0.6 is 0 Å². The molecule has 2 aromatic heterocycles. The van der Waals surface area contributed by atoms with Crippen molar-refractivity contribution in [3.05, 3.63) is 63.8 Å². The molecule has 0 saturated heterocycles. The molecule has 3 aromatic rings. The largest absolute Gasteiger partial charge is 0.477 e. The zero-order valence-electron chi connectivity index (χ0n) is 12.9. The first-order valence-corrected chi connectivity index (χ1v) is 7.91. The fourth-order valence-corrected chi connectivity index (χ4v) is 2.74. The molecule has 0 aliphatic heterocycles. The topological polar surface area (TPSA) is 89.5 Å². The van der Waals surface area contributed by atoms with Crippen LogP contribution in [0.15, 0.2) is 41.3 Å². The normalized spacial score (nSPS) is 14.2. The molecule has 1 aromatic carbocycles. The van der Waals surface area contributed by atoms with Gasteiger partial charge in [-0.05, 0) is 24.8 Å². The summed E-state index contributed by atoms with van der Waals surface area (Å²) in [4.78, 5) is 28.2. The molecule has 4 rings (SSSR count). The summed E-state index contributed by atoms with van der Waals surface area (Å²) in [6, 6.07) is 9.89. The molecule has 0 atom stereocenters. The van der Waals surface area contributed by atoms with E-state index in [2.05, 4.69) is 10.1 Å². The fourth-order valence-electron chi connectivity index (χ4n) is 2.74. The molecular weight excluding hydrogens is 308 g/mol. The summed E-state index contributed by atoms with van der Waals surface area (Å²) in [6.07, 6.45) is 4.11. The average molecular weight is 324 g/mol. The lowest BCUT2D eigenvalue weighted by Crippen LogP contribution is -2.26. The summed E-state index contributed by atoms with van der Waals surface area (Å²) in [6.45, 7) is 0.525. The number of nitrogens with zero attached hydrogens (tertiary/aromatic N) is 4. The van der Waals surface area contributed by atoms with Crippen LogP contribution in [0.4, 0.5) is 0 Å². The third kappa shape index (κ3) is 2.58. The molecule has 24 heavy (non-hydrogen) atoms. The van der Waals surface area contributed by atoms with Gasteiger partial charge in [-0.25, -0.2) is 4.79 Å². The Hall–Kier alpha value is -2.96. The molecule has 0 unspecified atom stereocenters. The highest BCUT2D eigenvalue weighted by molar-refractivity contribution is 5.86. The van der Waals surface area contributed by atoms with Crippen molar-refractivity contribution in [1.82, 2.24) is 19.2 Å². The monoisotopic (exact) mass is 324 g/mol. The van der Waals surface area contributed by atoms with Gasteiger partial charge in [-0.2, -0.15) is 9.50 Å². The lowest BCUT2D eigenvalue weighted by atomic mass is 10.1. The number of carboxylic acids is 1. The van der Waals surface area contributed by atoms with Crippen molar-refractivity contribution in [3.63, 3.8) is 0 Å². The predicted molar refractivity (Wildman–Crippen MR) is 86.3 cm³/mol. The Labute approximate surface area is 137 Å². The van der Waals surface area contributed by atoms with E-state index in [1.807, 2.05) is 30.3 Å². The van der Waals surface area contributed by atoms with E-state index >= 15 is 0 Å². The van der Waals surface area contributed by atoms with Crippen LogP contribution in [-0.4, -0.2) is 30.2 Å².